The van der Waals surface area contributed by atoms with E-state index in [2.05, 4.69) is 45.7 Å². The van der Waals surface area contributed by atoms with Crippen LogP contribution in [-0.4, -0.2) is 9.13 Å². The summed E-state index contributed by atoms with van der Waals surface area (Å²) in [4.78, 5) is 55.5. The maximum absolute atomic E-state index is 13.9. The van der Waals surface area contributed by atoms with E-state index >= 15 is 0 Å². The van der Waals surface area contributed by atoms with Gasteiger partial charge in [0, 0.05) is 42.6 Å². The number of hydrogen-bond donors (Lipinski definition) is 0. The van der Waals surface area contributed by atoms with Crippen LogP contribution in [0.3, 0.4) is 0 Å². The van der Waals surface area contributed by atoms with Gasteiger partial charge in [0.1, 0.15) is 0 Å². The fourth-order valence-electron chi connectivity index (χ4n) is 5.45. The highest BCUT2D eigenvalue weighted by molar-refractivity contribution is 9.11. The van der Waals surface area contributed by atoms with E-state index in [9.17, 15) is 19.2 Å². The molecule has 192 valence electrons. The second-order valence-electron chi connectivity index (χ2n) is 9.96. The first-order chi connectivity index (χ1) is 17.1. The molecule has 0 amide bonds. The van der Waals surface area contributed by atoms with Gasteiger partial charge in [0.2, 0.25) is 0 Å². The van der Waals surface area contributed by atoms with E-state index in [0.29, 0.717) is 32.6 Å². The average Bonchev–Trinajstić information content (AvgIpc) is 3.07. The van der Waals surface area contributed by atoms with Crippen LogP contribution >= 0.6 is 31.9 Å². The number of hydrogen-bond acceptors (Lipinski definition) is 4. The molecule has 2 aromatic carbocycles. The lowest BCUT2D eigenvalue weighted by molar-refractivity contribution is 0.460. The number of aromatic nitrogens is 2. The van der Waals surface area contributed by atoms with Crippen LogP contribution in [0.25, 0.3) is 32.3 Å². The lowest BCUT2D eigenvalue weighted by Crippen LogP contribution is -2.33. The number of fused-ring (bicyclic) bond motifs is 6. The third-order valence-corrected chi connectivity index (χ3v) is 8.66. The van der Waals surface area contributed by atoms with Gasteiger partial charge in [-0.25, -0.2) is 0 Å². The number of benzene rings is 2. The molecule has 0 spiro atoms. The van der Waals surface area contributed by atoms with Crippen molar-refractivity contribution in [2.75, 3.05) is 0 Å². The Kier molecular flexibility index (Phi) is 8.05. The summed E-state index contributed by atoms with van der Waals surface area (Å²) in [5.41, 5.74) is -1.71. The maximum Gasteiger partial charge on any atom is 0.262 e. The van der Waals surface area contributed by atoms with E-state index < -0.39 is 22.2 Å². The highest BCUT2D eigenvalue weighted by atomic mass is 79.9. The Bertz CT molecular complexity index is 1530. The van der Waals surface area contributed by atoms with E-state index in [1.165, 1.54) is 9.13 Å². The summed E-state index contributed by atoms with van der Waals surface area (Å²) >= 11 is 7.01. The Hall–Kier alpha value is -2.06. The largest absolute Gasteiger partial charge is 0.271 e. The summed E-state index contributed by atoms with van der Waals surface area (Å²) in [6.07, 6.45) is 7.34. The second-order valence-corrected chi connectivity index (χ2v) is 11.7. The molecule has 4 heterocycles. The van der Waals surface area contributed by atoms with Gasteiger partial charge < -0.3 is 0 Å². The molecule has 6 nitrogen and oxygen atoms in total. The van der Waals surface area contributed by atoms with Crippen LogP contribution in [0, 0.1) is 0 Å². The second kappa shape index (κ2) is 10.7. The molecule has 0 saturated carbocycles. The van der Waals surface area contributed by atoms with Gasteiger partial charge in [-0.05, 0) is 70.7 Å². The molecule has 2 unspecified atom stereocenters. The van der Waals surface area contributed by atoms with Gasteiger partial charge in [-0.3, -0.25) is 28.3 Å². The van der Waals surface area contributed by atoms with Gasteiger partial charge in [-0.15, -0.1) is 0 Å². The minimum atomic E-state index is -0.430. The minimum Gasteiger partial charge on any atom is -0.271 e. The molecular weight excluding hydrogens is 588 g/mol. The van der Waals surface area contributed by atoms with Gasteiger partial charge in [-0.1, -0.05) is 52.4 Å². The Labute approximate surface area is 226 Å². The topological polar surface area (TPSA) is 78.1 Å². The molecular formula is C28H32Br2N2O4. The molecule has 6 aromatic rings. The first-order valence-electron chi connectivity index (χ1n) is 12.9. The molecule has 4 aromatic heterocycles. The average molecular weight is 620 g/mol. The molecule has 0 radical (unpaired) electrons. The van der Waals surface area contributed by atoms with Crippen LogP contribution < -0.4 is 22.2 Å². The van der Waals surface area contributed by atoms with Crippen molar-refractivity contribution in [2.24, 2.45) is 0 Å². The predicted molar refractivity (Wildman–Crippen MR) is 155 cm³/mol. The van der Waals surface area contributed by atoms with Crippen molar-refractivity contribution < 1.29 is 0 Å². The Balaban J connectivity index is 2.17. The van der Waals surface area contributed by atoms with Gasteiger partial charge in [0.25, 0.3) is 22.2 Å². The Morgan fingerprint density at radius 3 is 1.31 bits per heavy atom. The summed E-state index contributed by atoms with van der Waals surface area (Å²) in [5, 5.41) is 1.86. The molecule has 0 aliphatic carbocycles. The standard InChI is InChI=1S/C28H32Br2N2O4/c1-5-7-9-11-15(3)31-25(33)17-13-19(29)23(27(31)35)22-18-14-20(30)24(21(17)22)28(36)32(26(18)34)16(4)12-10-8-6-2/h13-16H,5-12H2,1-4H3. The van der Waals surface area contributed by atoms with Crippen molar-refractivity contribution >= 4 is 64.2 Å². The molecule has 4 bridgehead atoms. The summed E-state index contributed by atoms with van der Waals surface area (Å²) in [6.45, 7) is 7.99. The molecule has 0 aliphatic rings. The van der Waals surface area contributed by atoms with Crippen LogP contribution in [-0.2, 0) is 0 Å². The third kappa shape index (κ3) is 4.34. The minimum absolute atomic E-state index is 0.271. The van der Waals surface area contributed by atoms with Gasteiger partial charge in [0.15, 0.2) is 0 Å². The fourth-order valence-corrected chi connectivity index (χ4v) is 6.64. The smallest absolute Gasteiger partial charge is 0.262 e. The summed E-state index contributed by atoms with van der Waals surface area (Å²) in [5.74, 6) is 0. The van der Waals surface area contributed by atoms with Crippen molar-refractivity contribution in [1.82, 2.24) is 9.13 Å². The zero-order chi connectivity index (χ0) is 26.3. The van der Waals surface area contributed by atoms with Crippen molar-refractivity contribution in [1.29, 1.82) is 0 Å². The van der Waals surface area contributed by atoms with Gasteiger partial charge in [0.05, 0.1) is 10.8 Å². The molecule has 0 N–H and O–H groups in total. The molecule has 36 heavy (non-hydrogen) atoms. The Morgan fingerprint density at radius 2 is 0.972 bits per heavy atom. The summed E-state index contributed by atoms with van der Waals surface area (Å²) in [7, 11) is 0. The van der Waals surface area contributed by atoms with Crippen molar-refractivity contribution in [3.63, 3.8) is 0 Å². The van der Waals surface area contributed by atoms with Crippen molar-refractivity contribution in [2.45, 2.75) is 91.1 Å². The van der Waals surface area contributed by atoms with Gasteiger partial charge in [-0.2, -0.15) is 0 Å². The number of halogens is 2. The third-order valence-electron chi connectivity index (χ3n) is 7.40. The highest BCUT2D eigenvalue weighted by Gasteiger charge is 2.26. The summed E-state index contributed by atoms with van der Waals surface area (Å²) < 4.78 is 3.55. The molecule has 0 aliphatic heterocycles. The molecule has 0 saturated heterocycles. The quantitative estimate of drug-likeness (QED) is 0.181. The lowest BCUT2D eigenvalue weighted by Gasteiger charge is -2.12. The Morgan fingerprint density at radius 1 is 0.611 bits per heavy atom. The van der Waals surface area contributed by atoms with E-state index in [4.69, 9.17) is 0 Å². The molecule has 0 fully saturated rings. The normalized spacial score (nSPS) is 13.8. The van der Waals surface area contributed by atoms with Crippen LogP contribution in [0.4, 0.5) is 0 Å². The SMILES string of the molecule is CCCCCC(C)n1c(=O)c2cc(Br)c(c1=O)c1c3cc(Br)c(c(=O)n(C(C)CCCCC)c3=O)c21. The number of rotatable bonds is 10. The summed E-state index contributed by atoms with van der Waals surface area (Å²) in [6, 6.07) is 2.66. The first kappa shape index (κ1) is 27.0. The first-order valence-corrected chi connectivity index (χ1v) is 14.5. The van der Waals surface area contributed by atoms with E-state index in [1.807, 2.05) is 13.8 Å². The van der Waals surface area contributed by atoms with Gasteiger partial charge >= 0.3 is 0 Å². The van der Waals surface area contributed by atoms with Crippen LogP contribution in [0.5, 0.6) is 0 Å². The fraction of sp³-hybridized carbons (Fsp3) is 0.500. The van der Waals surface area contributed by atoms with Crippen molar-refractivity contribution in [3.8, 4) is 0 Å². The molecule has 6 rings (SSSR count). The monoisotopic (exact) mass is 618 g/mol. The maximum atomic E-state index is 13.9. The number of unbranched alkanes of at least 4 members (excludes halogenated alkanes) is 4. The van der Waals surface area contributed by atoms with Crippen molar-refractivity contribution in [3.05, 3.63) is 62.5 Å². The van der Waals surface area contributed by atoms with E-state index in [0.717, 1.165) is 38.5 Å². The van der Waals surface area contributed by atoms with Crippen LogP contribution in [0.15, 0.2) is 40.3 Å². The molecule has 8 heteroatoms. The lowest BCUT2D eigenvalue weighted by atomic mass is 10.00. The van der Waals surface area contributed by atoms with Crippen LogP contribution in [0.2, 0.25) is 0 Å². The van der Waals surface area contributed by atoms with Crippen LogP contribution in [0.1, 0.15) is 91.1 Å². The van der Waals surface area contributed by atoms with E-state index in [1.54, 1.807) is 12.1 Å². The van der Waals surface area contributed by atoms with E-state index in [-0.39, 0.29) is 33.6 Å². The highest BCUT2D eigenvalue weighted by Crippen LogP contribution is 2.37. The predicted octanol–water partition coefficient (Wildman–Crippen LogP) is 6.87. The zero-order valence-corrected chi connectivity index (χ0v) is 24.4. The number of nitrogens with zero attached hydrogens (tertiary/aromatic N) is 2. The molecule has 2 atom stereocenters. The zero-order valence-electron chi connectivity index (χ0n) is 21.2.